The number of anilines is 2. The van der Waals surface area contributed by atoms with Crippen LogP contribution in [0.25, 0.3) is 0 Å². The number of sulfonamides is 1. The maximum Gasteiger partial charge on any atom is 0.255 e. The average Bonchev–Trinajstić information content (AvgIpc) is 2.85. The van der Waals surface area contributed by atoms with Crippen LogP contribution in [0, 0.1) is 11.7 Å². The van der Waals surface area contributed by atoms with Gasteiger partial charge < -0.3 is 20.7 Å². The number of morpholine rings is 1. The Labute approximate surface area is 197 Å². The Hall–Kier alpha value is -3.02. The Balaban J connectivity index is 1.54. The number of nitrogens with one attached hydrogen (secondary N) is 1. The van der Waals surface area contributed by atoms with Crippen molar-refractivity contribution in [3.63, 3.8) is 0 Å². The third-order valence-corrected chi connectivity index (χ3v) is 8.09. The van der Waals surface area contributed by atoms with Crippen molar-refractivity contribution in [2.24, 2.45) is 11.7 Å². The van der Waals surface area contributed by atoms with Crippen LogP contribution in [-0.2, 0) is 19.6 Å². The predicted molar refractivity (Wildman–Crippen MR) is 125 cm³/mol. The second-order valence-corrected chi connectivity index (χ2v) is 10.2. The molecule has 11 heteroatoms. The fourth-order valence-corrected chi connectivity index (χ4v) is 5.72. The minimum absolute atomic E-state index is 0.0236. The number of ether oxygens (including phenoxy) is 1. The van der Waals surface area contributed by atoms with Gasteiger partial charge in [0.1, 0.15) is 10.7 Å². The van der Waals surface area contributed by atoms with E-state index in [4.69, 9.17) is 10.5 Å². The van der Waals surface area contributed by atoms with Crippen LogP contribution in [0.15, 0.2) is 47.4 Å². The number of piperidine rings is 1. The lowest BCUT2D eigenvalue weighted by Crippen LogP contribution is -2.41. The summed E-state index contributed by atoms with van der Waals surface area (Å²) in [5, 5.41) is 2.81. The lowest BCUT2D eigenvalue weighted by Gasteiger charge is -2.33. The van der Waals surface area contributed by atoms with Gasteiger partial charge in [0.2, 0.25) is 15.9 Å². The van der Waals surface area contributed by atoms with E-state index in [9.17, 15) is 22.4 Å². The van der Waals surface area contributed by atoms with Gasteiger partial charge in [-0.2, -0.15) is 4.31 Å². The monoisotopic (exact) mass is 490 g/mol. The van der Waals surface area contributed by atoms with Crippen LogP contribution in [0.5, 0.6) is 0 Å². The van der Waals surface area contributed by atoms with E-state index in [0.717, 1.165) is 22.1 Å². The molecule has 0 unspecified atom stereocenters. The molecular formula is C23H27FN4O5S. The first-order chi connectivity index (χ1) is 16.3. The van der Waals surface area contributed by atoms with Gasteiger partial charge in [-0.3, -0.25) is 9.59 Å². The zero-order chi connectivity index (χ0) is 24.3. The number of amides is 2. The molecule has 2 fully saturated rings. The minimum atomic E-state index is -4.11. The topological polar surface area (TPSA) is 122 Å². The number of hydrogen-bond donors (Lipinski definition) is 2. The molecule has 2 aliphatic rings. The Morgan fingerprint density at radius 1 is 1.03 bits per heavy atom. The summed E-state index contributed by atoms with van der Waals surface area (Å²) in [6.45, 7) is 1.93. The number of carbonyl (C=O) groups excluding carboxylic acids is 2. The molecule has 182 valence electrons. The summed E-state index contributed by atoms with van der Waals surface area (Å²) >= 11 is 0. The molecule has 0 aromatic heterocycles. The molecule has 0 bridgehead atoms. The smallest absolute Gasteiger partial charge is 0.255 e. The van der Waals surface area contributed by atoms with E-state index < -0.39 is 26.6 Å². The van der Waals surface area contributed by atoms with Crippen molar-refractivity contribution in [1.29, 1.82) is 0 Å². The molecule has 0 saturated carbocycles. The first kappa shape index (κ1) is 24.1. The van der Waals surface area contributed by atoms with E-state index in [1.165, 1.54) is 6.07 Å². The second-order valence-electron chi connectivity index (χ2n) is 8.30. The zero-order valence-corrected chi connectivity index (χ0v) is 19.4. The quantitative estimate of drug-likeness (QED) is 0.637. The van der Waals surface area contributed by atoms with Crippen LogP contribution in [0.4, 0.5) is 15.8 Å². The fourth-order valence-electron chi connectivity index (χ4n) is 4.22. The highest BCUT2D eigenvalue weighted by atomic mass is 32.2. The maximum absolute atomic E-state index is 14.5. The summed E-state index contributed by atoms with van der Waals surface area (Å²) < 4.78 is 46.7. The van der Waals surface area contributed by atoms with Crippen LogP contribution in [0.2, 0.25) is 0 Å². The number of para-hydroxylation sites is 2. The highest BCUT2D eigenvalue weighted by molar-refractivity contribution is 7.89. The third kappa shape index (κ3) is 5.06. The molecule has 0 aliphatic carbocycles. The molecular weight excluding hydrogens is 463 g/mol. The van der Waals surface area contributed by atoms with E-state index in [2.05, 4.69) is 10.2 Å². The van der Waals surface area contributed by atoms with Gasteiger partial charge in [0.25, 0.3) is 5.91 Å². The Bertz CT molecular complexity index is 1180. The van der Waals surface area contributed by atoms with E-state index in [1.807, 2.05) is 12.1 Å². The van der Waals surface area contributed by atoms with Crippen molar-refractivity contribution in [3.8, 4) is 0 Å². The molecule has 4 rings (SSSR count). The van der Waals surface area contributed by atoms with Gasteiger partial charge in [0, 0.05) is 37.7 Å². The van der Waals surface area contributed by atoms with Gasteiger partial charge in [0.05, 0.1) is 24.6 Å². The molecule has 2 aromatic rings. The van der Waals surface area contributed by atoms with Gasteiger partial charge in [-0.15, -0.1) is 0 Å². The van der Waals surface area contributed by atoms with Crippen molar-refractivity contribution in [3.05, 3.63) is 53.8 Å². The summed E-state index contributed by atoms with van der Waals surface area (Å²) in [6, 6.07) is 10.5. The first-order valence-electron chi connectivity index (χ1n) is 11.1. The molecule has 2 saturated heterocycles. The zero-order valence-electron chi connectivity index (χ0n) is 18.6. The highest BCUT2D eigenvalue weighted by Crippen LogP contribution is 2.30. The van der Waals surface area contributed by atoms with Crippen LogP contribution in [0.3, 0.4) is 0 Å². The molecule has 3 N–H and O–H groups in total. The SMILES string of the molecule is NC(=O)C1CCN(c2ccccc2NC(=O)c2ccc(F)c(S(=O)(=O)N3CCOCC3)c2)CC1. The van der Waals surface area contributed by atoms with Gasteiger partial charge in [-0.1, -0.05) is 12.1 Å². The largest absolute Gasteiger partial charge is 0.379 e. The van der Waals surface area contributed by atoms with Gasteiger partial charge in [-0.05, 0) is 43.2 Å². The van der Waals surface area contributed by atoms with Crippen molar-refractivity contribution >= 4 is 33.2 Å². The number of nitrogens with zero attached hydrogens (tertiary/aromatic N) is 2. The Morgan fingerprint density at radius 3 is 2.38 bits per heavy atom. The Morgan fingerprint density at radius 2 is 1.71 bits per heavy atom. The summed E-state index contributed by atoms with van der Waals surface area (Å²) in [5.41, 5.74) is 6.76. The summed E-state index contributed by atoms with van der Waals surface area (Å²) in [6.07, 6.45) is 1.25. The van der Waals surface area contributed by atoms with E-state index >= 15 is 0 Å². The summed E-state index contributed by atoms with van der Waals surface area (Å²) in [5.74, 6) is -1.94. The fraction of sp³-hybridized carbons (Fsp3) is 0.391. The van der Waals surface area contributed by atoms with E-state index in [0.29, 0.717) is 31.6 Å². The van der Waals surface area contributed by atoms with Crippen molar-refractivity contribution < 1.29 is 27.1 Å². The standard InChI is InChI=1S/C23H27FN4O5S/c24-18-6-5-17(15-21(18)34(31,32)28-11-13-33-14-12-28)23(30)26-19-3-1-2-4-20(19)27-9-7-16(8-10-27)22(25)29/h1-6,15-16H,7-14H2,(H2,25,29)(H,26,30). The highest BCUT2D eigenvalue weighted by Gasteiger charge is 2.30. The first-order valence-corrected chi connectivity index (χ1v) is 12.5. The van der Waals surface area contributed by atoms with Gasteiger partial charge >= 0.3 is 0 Å². The molecule has 34 heavy (non-hydrogen) atoms. The number of rotatable bonds is 6. The maximum atomic E-state index is 14.5. The Kier molecular flexibility index (Phi) is 7.15. The number of halogens is 1. The molecule has 9 nitrogen and oxygen atoms in total. The van der Waals surface area contributed by atoms with E-state index in [1.54, 1.807) is 12.1 Å². The lowest BCUT2D eigenvalue weighted by atomic mass is 9.96. The molecule has 2 aromatic carbocycles. The lowest BCUT2D eigenvalue weighted by molar-refractivity contribution is -0.122. The van der Waals surface area contributed by atoms with Gasteiger partial charge in [-0.25, -0.2) is 12.8 Å². The number of hydrogen-bond acceptors (Lipinski definition) is 6. The van der Waals surface area contributed by atoms with Crippen LogP contribution in [0.1, 0.15) is 23.2 Å². The van der Waals surface area contributed by atoms with Crippen LogP contribution in [-0.4, -0.2) is 63.9 Å². The predicted octanol–water partition coefficient (Wildman–Crippen LogP) is 1.80. The van der Waals surface area contributed by atoms with Gasteiger partial charge in [0.15, 0.2) is 0 Å². The van der Waals surface area contributed by atoms with Crippen molar-refractivity contribution in [1.82, 2.24) is 4.31 Å². The second kappa shape index (κ2) is 10.1. The normalized spacial score (nSPS) is 18.0. The minimum Gasteiger partial charge on any atom is -0.379 e. The number of carbonyl (C=O) groups is 2. The molecule has 0 radical (unpaired) electrons. The molecule has 0 spiro atoms. The number of benzene rings is 2. The number of nitrogens with two attached hydrogens (primary N) is 1. The van der Waals surface area contributed by atoms with E-state index in [-0.39, 0.29) is 43.7 Å². The van der Waals surface area contributed by atoms with Crippen LogP contribution >= 0.6 is 0 Å². The molecule has 2 heterocycles. The third-order valence-electron chi connectivity index (χ3n) is 6.17. The molecule has 2 aliphatic heterocycles. The molecule has 0 atom stereocenters. The van der Waals surface area contributed by atoms with Crippen molar-refractivity contribution in [2.45, 2.75) is 17.7 Å². The van der Waals surface area contributed by atoms with Crippen molar-refractivity contribution in [2.75, 3.05) is 49.6 Å². The average molecular weight is 491 g/mol. The van der Waals surface area contributed by atoms with Crippen LogP contribution < -0.4 is 16.0 Å². The molecule has 2 amide bonds. The number of primary amides is 1. The summed E-state index contributed by atoms with van der Waals surface area (Å²) in [7, 11) is -4.11. The summed E-state index contributed by atoms with van der Waals surface area (Å²) in [4.78, 5) is 26.0.